The van der Waals surface area contributed by atoms with Crippen LogP contribution in [-0.2, 0) is 9.53 Å². The number of hydrogen-bond donors (Lipinski definition) is 2. The van der Waals surface area contributed by atoms with Crippen LogP contribution in [0.5, 0.6) is 0 Å². The van der Waals surface area contributed by atoms with E-state index in [2.05, 4.69) is 31.2 Å². The van der Waals surface area contributed by atoms with E-state index in [4.69, 9.17) is 22.1 Å². The van der Waals surface area contributed by atoms with Gasteiger partial charge < -0.3 is 15.8 Å². The Kier molecular flexibility index (Phi) is 5.44. The lowest BCUT2D eigenvalue weighted by atomic mass is 10.5. The second kappa shape index (κ2) is 6.62. The fourth-order valence-corrected chi connectivity index (χ4v) is 1.35. The van der Waals surface area contributed by atoms with Crippen molar-refractivity contribution >= 4 is 39.3 Å². The summed E-state index contributed by atoms with van der Waals surface area (Å²) in [5, 5.41) is 3.12. The van der Waals surface area contributed by atoms with Crippen molar-refractivity contribution in [2.45, 2.75) is 0 Å². The quantitative estimate of drug-likeness (QED) is 0.599. The number of nitrogens with zero attached hydrogens (tertiary/aromatic N) is 2. The van der Waals surface area contributed by atoms with Gasteiger partial charge in [-0.15, -0.1) is 0 Å². The van der Waals surface area contributed by atoms with E-state index in [1.807, 2.05) is 0 Å². The van der Waals surface area contributed by atoms with Gasteiger partial charge in [0.2, 0.25) is 11.2 Å². The van der Waals surface area contributed by atoms with E-state index < -0.39 is 5.91 Å². The van der Waals surface area contributed by atoms with Crippen LogP contribution in [0, 0.1) is 0 Å². The largest absolute Gasteiger partial charge is 0.370 e. The summed E-state index contributed by atoms with van der Waals surface area (Å²) < 4.78 is 5.66. The van der Waals surface area contributed by atoms with Crippen LogP contribution in [-0.4, -0.2) is 35.6 Å². The van der Waals surface area contributed by atoms with Crippen molar-refractivity contribution in [3.8, 4) is 0 Å². The number of anilines is 1. The van der Waals surface area contributed by atoms with Crippen LogP contribution in [0.15, 0.2) is 10.7 Å². The first-order chi connectivity index (χ1) is 7.59. The van der Waals surface area contributed by atoms with Crippen LogP contribution in [0.25, 0.3) is 0 Å². The maximum absolute atomic E-state index is 10.4. The number of hydrogen-bond acceptors (Lipinski definition) is 5. The van der Waals surface area contributed by atoms with Gasteiger partial charge in [-0.2, -0.15) is 4.98 Å². The molecule has 3 N–H and O–H groups in total. The smallest absolute Gasteiger partial charge is 0.243 e. The predicted octanol–water partition coefficient (Wildman–Crippen LogP) is 0.806. The average Bonchev–Trinajstić information content (AvgIpc) is 2.22. The molecule has 0 aromatic carbocycles. The molecule has 0 radical (unpaired) electrons. The highest BCUT2D eigenvalue weighted by Gasteiger charge is 2.02. The molecule has 0 aliphatic carbocycles. The SMILES string of the molecule is NC(=O)COCCNc1nc(Cl)ncc1Br. The molecule has 88 valence electrons. The Morgan fingerprint density at radius 2 is 2.44 bits per heavy atom. The maximum atomic E-state index is 10.4. The van der Waals surface area contributed by atoms with Crippen molar-refractivity contribution < 1.29 is 9.53 Å². The highest BCUT2D eigenvalue weighted by molar-refractivity contribution is 9.10. The molecule has 16 heavy (non-hydrogen) atoms. The zero-order valence-corrected chi connectivity index (χ0v) is 10.6. The Bertz CT molecular complexity index is 377. The molecule has 0 fully saturated rings. The summed E-state index contributed by atoms with van der Waals surface area (Å²) in [5.74, 6) is 0.0777. The van der Waals surface area contributed by atoms with Crippen molar-refractivity contribution in [1.82, 2.24) is 9.97 Å². The van der Waals surface area contributed by atoms with Crippen LogP contribution in [0.3, 0.4) is 0 Å². The lowest BCUT2D eigenvalue weighted by Gasteiger charge is -2.07. The third-order valence-corrected chi connectivity index (χ3v) is 2.26. The van der Waals surface area contributed by atoms with Gasteiger partial charge in [0.25, 0.3) is 0 Å². The van der Waals surface area contributed by atoms with Crippen LogP contribution < -0.4 is 11.1 Å². The minimum Gasteiger partial charge on any atom is -0.370 e. The number of primary amides is 1. The first kappa shape index (κ1) is 13.1. The van der Waals surface area contributed by atoms with Gasteiger partial charge in [0.05, 0.1) is 11.1 Å². The molecule has 0 saturated carbocycles. The van der Waals surface area contributed by atoms with Crippen LogP contribution in [0.2, 0.25) is 5.28 Å². The lowest BCUT2D eigenvalue weighted by molar-refractivity contribution is -0.122. The molecule has 6 nitrogen and oxygen atoms in total. The maximum Gasteiger partial charge on any atom is 0.243 e. The monoisotopic (exact) mass is 308 g/mol. The summed E-state index contributed by atoms with van der Waals surface area (Å²) >= 11 is 8.88. The molecule has 0 saturated heterocycles. The molecule has 0 unspecified atom stereocenters. The number of carbonyl (C=O) groups is 1. The predicted molar refractivity (Wildman–Crippen MR) is 63.2 cm³/mol. The number of aromatic nitrogens is 2. The molecule has 8 heteroatoms. The first-order valence-electron chi connectivity index (χ1n) is 4.37. The molecule has 0 bridgehead atoms. The molecule has 1 amide bonds. The highest BCUT2D eigenvalue weighted by atomic mass is 79.9. The van der Waals surface area contributed by atoms with E-state index in [1.165, 1.54) is 0 Å². The summed E-state index contributed by atoms with van der Waals surface area (Å²) in [4.78, 5) is 18.1. The third-order valence-electron chi connectivity index (χ3n) is 1.50. The molecule has 0 aliphatic rings. The van der Waals surface area contributed by atoms with Crippen LogP contribution in [0.1, 0.15) is 0 Å². The topological polar surface area (TPSA) is 90.1 Å². The highest BCUT2D eigenvalue weighted by Crippen LogP contribution is 2.19. The molecule has 0 aliphatic heterocycles. The van der Waals surface area contributed by atoms with E-state index in [1.54, 1.807) is 6.20 Å². The van der Waals surface area contributed by atoms with E-state index in [9.17, 15) is 4.79 Å². The summed E-state index contributed by atoms with van der Waals surface area (Å²) in [5.41, 5.74) is 4.90. The van der Waals surface area contributed by atoms with E-state index in [0.717, 1.165) is 0 Å². The number of nitrogens with one attached hydrogen (secondary N) is 1. The molecule has 1 heterocycles. The lowest BCUT2D eigenvalue weighted by Crippen LogP contribution is -2.20. The van der Waals surface area contributed by atoms with Gasteiger partial charge in [0.15, 0.2) is 0 Å². The summed E-state index contributed by atoms with van der Waals surface area (Å²) in [6.07, 6.45) is 1.54. The van der Waals surface area contributed by atoms with Gasteiger partial charge in [0, 0.05) is 12.7 Å². The molecule has 0 spiro atoms. The van der Waals surface area contributed by atoms with Crippen LogP contribution >= 0.6 is 27.5 Å². The number of amides is 1. The Labute approximate surface area is 106 Å². The normalized spacial score (nSPS) is 10.1. The van der Waals surface area contributed by atoms with Gasteiger partial charge in [-0.05, 0) is 27.5 Å². The van der Waals surface area contributed by atoms with Crippen molar-refractivity contribution in [1.29, 1.82) is 0 Å². The second-order valence-corrected chi connectivity index (χ2v) is 3.97. The van der Waals surface area contributed by atoms with E-state index >= 15 is 0 Å². The van der Waals surface area contributed by atoms with Gasteiger partial charge in [-0.25, -0.2) is 4.98 Å². The average molecular weight is 310 g/mol. The zero-order valence-electron chi connectivity index (χ0n) is 8.24. The summed E-state index contributed by atoms with van der Waals surface area (Å²) in [6, 6.07) is 0. The Balaban J connectivity index is 2.31. The minimum atomic E-state index is -0.494. The zero-order chi connectivity index (χ0) is 12.0. The Morgan fingerprint density at radius 3 is 3.12 bits per heavy atom. The molecule has 0 atom stereocenters. The Morgan fingerprint density at radius 1 is 1.69 bits per heavy atom. The fourth-order valence-electron chi connectivity index (χ4n) is 0.884. The minimum absolute atomic E-state index is 0.0899. The van der Waals surface area contributed by atoms with Gasteiger partial charge >= 0.3 is 0 Å². The summed E-state index contributed by atoms with van der Waals surface area (Å²) in [7, 11) is 0. The van der Waals surface area contributed by atoms with Crippen LogP contribution in [0.4, 0.5) is 5.82 Å². The van der Waals surface area contributed by atoms with Gasteiger partial charge in [0.1, 0.15) is 12.4 Å². The summed E-state index contributed by atoms with van der Waals surface area (Å²) in [6.45, 7) is 0.740. The number of nitrogens with two attached hydrogens (primary N) is 1. The van der Waals surface area contributed by atoms with E-state index in [-0.39, 0.29) is 11.9 Å². The molecular formula is C8H10BrClN4O2. The molecule has 1 aromatic rings. The standard InChI is InChI=1S/C8H10BrClN4O2/c9-5-3-13-8(10)14-7(5)12-1-2-16-4-6(11)15/h3H,1-2,4H2,(H2,11,15)(H,12,13,14). The second-order valence-electron chi connectivity index (χ2n) is 2.78. The van der Waals surface area contributed by atoms with Crippen molar-refractivity contribution in [3.63, 3.8) is 0 Å². The Hall–Kier alpha value is -0.920. The van der Waals surface area contributed by atoms with Gasteiger partial charge in [-0.3, -0.25) is 4.79 Å². The van der Waals surface area contributed by atoms with Crippen molar-refractivity contribution in [3.05, 3.63) is 16.0 Å². The fraction of sp³-hybridized carbons (Fsp3) is 0.375. The first-order valence-corrected chi connectivity index (χ1v) is 5.54. The van der Waals surface area contributed by atoms with Crippen molar-refractivity contribution in [2.75, 3.05) is 25.1 Å². The number of carbonyl (C=O) groups excluding carboxylic acids is 1. The molecule has 1 rings (SSSR count). The molecular weight excluding hydrogens is 299 g/mol. The van der Waals surface area contributed by atoms with E-state index in [0.29, 0.717) is 23.4 Å². The van der Waals surface area contributed by atoms with Crippen molar-refractivity contribution in [2.24, 2.45) is 5.73 Å². The molecule has 1 aromatic heterocycles. The third kappa shape index (κ3) is 4.73. The number of halogens is 2. The number of rotatable bonds is 6. The van der Waals surface area contributed by atoms with Gasteiger partial charge in [-0.1, -0.05) is 0 Å². The number of ether oxygens (including phenoxy) is 1.